The first-order chi connectivity index (χ1) is 17.3. The summed E-state index contributed by atoms with van der Waals surface area (Å²) in [6, 6.07) is 11.1. The zero-order valence-electron chi connectivity index (χ0n) is 19.7. The molecule has 1 aliphatic heterocycles. The molecule has 2 heterocycles. The topological polar surface area (TPSA) is 144 Å². The van der Waals surface area contributed by atoms with Crippen LogP contribution in [0.3, 0.4) is 0 Å². The summed E-state index contributed by atoms with van der Waals surface area (Å²) < 4.78 is 6.08. The molecule has 1 aromatic heterocycles. The van der Waals surface area contributed by atoms with Crippen molar-refractivity contribution < 1.29 is 19.1 Å². The van der Waals surface area contributed by atoms with Crippen molar-refractivity contribution in [1.29, 1.82) is 0 Å². The molecule has 5 rings (SSSR count). The maximum absolute atomic E-state index is 13.6. The van der Waals surface area contributed by atoms with Gasteiger partial charge < -0.3 is 9.32 Å². The number of hydrazone groups is 1. The van der Waals surface area contributed by atoms with Crippen molar-refractivity contribution in [3.8, 4) is 0 Å². The highest BCUT2D eigenvalue weighted by Crippen LogP contribution is 2.36. The average molecular weight is 489 g/mol. The van der Waals surface area contributed by atoms with Crippen LogP contribution in [-0.2, 0) is 12.8 Å². The van der Waals surface area contributed by atoms with Gasteiger partial charge in [0.05, 0.1) is 21.6 Å². The number of rotatable bonds is 5. The van der Waals surface area contributed by atoms with Gasteiger partial charge in [-0.2, -0.15) is 5.10 Å². The molecule has 11 nitrogen and oxygen atoms in total. The van der Waals surface area contributed by atoms with E-state index < -0.39 is 15.5 Å². The lowest BCUT2D eigenvalue weighted by Gasteiger charge is -2.21. The SMILES string of the molecule is Cc1c(C(=O)N2c3ccccc3CC2C)oc2c1/C(=N/Nc1ccc([N+](=O)[O-])cc1[N+](=O)[O-])CCC2. The van der Waals surface area contributed by atoms with Gasteiger partial charge in [-0.1, -0.05) is 18.2 Å². The van der Waals surface area contributed by atoms with E-state index in [4.69, 9.17) is 4.42 Å². The number of hydrogen-bond donors (Lipinski definition) is 1. The van der Waals surface area contributed by atoms with Crippen LogP contribution in [0.2, 0.25) is 0 Å². The van der Waals surface area contributed by atoms with Crippen LogP contribution >= 0.6 is 0 Å². The third-order valence-electron chi connectivity index (χ3n) is 6.65. The lowest BCUT2D eigenvalue weighted by atomic mass is 9.93. The number of carbonyl (C=O) groups is 1. The van der Waals surface area contributed by atoms with E-state index >= 15 is 0 Å². The summed E-state index contributed by atoms with van der Waals surface area (Å²) in [4.78, 5) is 36.4. The number of non-ortho nitro benzene ring substituents is 1. The van der Waals surface area contributed by atoms with Crippen LogP contribution < -0.4 is 10.3 Å². The van der Waals surface area contributed by atoms with Crippen LogP contribution in [0, 0.1) is 27.2 Å². The normalized spacial score (nSPS) is 17.6. The van der Waals surface area contributed by atoms with Gasteiger partial charge in [0.2, 0.25) is 0 Å². The first kappa shape index (κ1) is 23.2. The summed E-state index contributed by atoms with van der Waals surface area (Å²) in [5, 5.41) is 26.9. The summed E-state index contributed by atoms with van der Waals surface area (Å²) in [5.41, 5.74) is 5.90. The maximum Gasteiger partial charge on any atom is 0.301 e. The molecular formula is C25H23N5O6. The molecule has 2 aromatic carbocycles. The van der Waals surface area contributed by atoms with Crippen LogP contribution in [0.1, 0.15) is 52.8 Å². The Bertz CT molecular complexity index is 1440. The lowest BCUT2D eigenvalue weighted by molar-refractivity contribution is -0.393. The largest absolute Gasteiger partial charge is 0.455 e. The number of para-hydroxylation sites is 1. The van der Waals surface area contributed by atoms with Gasteiger partial charge in [-0.05, 0) is 50.8 Å². The zero-order chi connectivity index (χ0) is 25.6. The van der Waals surface area contributed by atoms with Crippen molar-refractivity contribution in [3.05, 3.63) is 90.9 Å². The van der Waals surface area contributed by atoms with E-state index in [1.165, 1.54) is 12.1 Å². The van der Waals surface area contributed by atoms with Crippen LogP contribution in [0.5, 0.6) is 0 Å². The molecule has 1 amide bonds. The molecule has 1 aliphatic carbocycles. The third-order valence-corrected chi connectivity index (χ3v) is 6.65. The number of nitro groups is 2. The van der Waals surface area contributed by atoms with Crippen molar-refractivity contribution in [2.24, 2.45) is 5.10 Å². The molecule has 0 saturated heterocycles. The smallest absolute Gasteiger partial charge is 0.301 e. The van der Waals surface area contributed by atoms with Crippen molar-refractivity contribution in [1.82, 2.24) is 0 Å². The van der Waals surface area contributed by atoms with Gasteiger partial charge in [0.15, 0.2) is 5.76 Å². The number of nitrogens with one attached hydrogen (secondary N) is 1. The number of furan rings is 1. The second kappa shape index (κ2) is 8.91. The lowest BCUT2D eigenvalue weighted by Crippen LogP contribution is -2.35. The van der Waals surface area contributed by atoms with Gasteiger partial charge in [-0.15, -0.1) is 0 Å². The number of fused-ring (bicyclic) bond motifs is 2. The van der Waals surface area contributed by atoms with Crippen LogP contribution in [0.4, 0.5) is 22.7 Å². The number of aryl methyl sites for hydroxylation is 1. The number of amides is 1. The van der Waals surface area contributed by atoms with Crippen LogP contribution in [0.25, 0.3) is 0 Å². The summed E-state index contributed by atoms with van der Waals surface area (Å²) in [6.45, 7) is 3.82. The van der Waals surface area contributed by atoms with Crippen molar-refractivity contribution in [2.45, 2.75) is 45.6 Å². The Labute approximate surface area is 205 Å². The van der Waals surface area contributed by atoms with Crippen LogP contribution in [0.15, 0.2) is 52.0 Å². The predicted molar refractivity (Wildman–Crippen MR) is 133 cm³/mol. The zero-order valence-corrected chi connectivity index (χ0v) is 19.7. The third kappa shape index (κ3) is 3.88. The first-order valence-corrected chi connectivity index (χ1v) is 11.6. The molecule has 2 aliphatic rings. The van der Waals surface area contributed by atoms with Gasteiger partial charge in [-0.3, -0.25) is 30.4 Å². The molecule has 0 radical (unpaired) electrons. The quantitative estimate of drug-likeness (QED) is 0.385. The minimum Gasteiger partial charge on any atom is -0.455 e. The molecule has 0 fully saturated rings. The molecular weight excluding hydrogens is 466 g/mol. The summed E-state index contributed by atoms with van der Waals surface area (Å²) in [7, 11) is 0. The average Bonchev–Trinajstić information content (AvgIpc) is 3.38. The Hall–Kier alpha value is -4.54. The minimum atomic E-state index is -0.698. The van der Waals surface area contributed by atoms with Gasteiger partial charge in [0.1, 0.15) is 11.4 Å². The van der Waals surface area contributed by atoms with Crippen molar-refractivity contribution in [2.75, 3.05) is 10.3 Å². The van der Waals surface area contributed by atoms with Crippen molar-refractivity contribution >= 4 is 34.4 Å². The van der Waals surface area contributed by atoms with E-state index in [0.29, 0.717) is 29.9 Å². The molecule has 184 valence electrons. The Morgan fingerprint density at radius 2 is 1.92 bits per heavy atom. The van der Waals surface area contributed by atoms with E-state index in [-0.39, 0.29) is 29.1 Å². The number of hydrogen-bond acceptors (Lipinski definition) is 8. The second-order valence-electron chi connectivity index (χ2n) is 8.95. The van der Waals surface area contributed by atoms with Gasteiger partial charge in [0, 0.05) is 35.3 Å². The summed E-state index contributed by atoms with van der Waals surface area (Å²) in [5.74, 6) is 0.707. The molecule has 36 heavy (non-hydrogen) atoms. The van der Waals surface area contributed by atoms with E-state index in [0.717, 1.165) is 35.7 Å². The highest BCUT2D eigenvalue weighted by Gasteiger charge is 2.36. The molecule has 3 aromatic rings. The van der Waals surface area contributed by atoms with E-state index in [1.54, 1.807) is 4.90 Å². The Morgan fingerprint density at radius 1 is 1.14 bits per heavy atom. The standard InChI is InChI=1S/C25H23N5O6/c1-14-12-16-6-3-4-8-20(16)28(14)25(31)24-15(2)23-19(7-5-9-22(23)36-24)27-26-18-11-10-17(29(32)33)13-21(18)30(34)35/h3-4,6,8,10-11,13-14,26H,5,7,9,12H2,1-2H3/b27-19+. The highest BCUT2D eigenvalue weighted by molar-refractivity contribution is 6.11. The number of anilines is 2. The highest BCUT2D eigenvalue weighted by atomic mass is 16.6. The number of nitrogens with zero attached hydrogens (tertiary/aromatic N) is 4. The molecule has 1 atom stereocenters. The Morgan fingerprint density at radius 3 is 2.67 bits per heavy atom. The number of carbonyl (C=O) groups excluding carboxylic acids is 1. The van der Waals surface area contributed by atoms with E-state index in [1.807, 2.05) is 38.1 Å². The van der Waals surface area contributed by atoms with Gasteiger partial charge in [-0.25, -0.2) is 0 Å². The number of nitro benzene ring substituents is 2. The Kier molecular flexibility index (Phi) is 5.75. The molecule has 11 heteroatoms. The summed E-state index contributed by atoms with van der Waals surface area (Å²) in [6.07, 6.45) is 2.73. The molecule has 0 bridgehead atoms. The van der Waals surface area contributed by atoms with E-state index in [2.05, 4.69) is 10.5 Å². The van der Waals surface area contributed by atoms with Gasteiger partial charge in [0.25, 0.3) is 11.6 Å². The fourth-order valence-corrected chi connectivity index (χ4v) is 4.98. The maximum atomic E-state index is 13.6. The molecule has 1 unspecified atom stereocenters. The molecule has 0 saturated carbocycles. The predicted octanol–water partition coefficient (Wildman–Crippen LogP) is 5.15. The Balaban J connectivity index is 1.48. The van der Waals surface area contributed by atoms with E-state index in [9.17, 15) is 25.0 Å². The van der Waals surface area contributed by atoms with Crippen LogP contribution in [-0.4, -0.2) is 27.5 Å². The minimum absolute atomic E-state index is 0.00563. The van der Waals surface area contributed by atoms with Crippen molar-refractivity contribution in [3.63, 3.8) is 0 Å². The second-order valence-corrected chi connectivity index (χ2v) is 8.95. The van der Waals surface area contributed by atoms with Gasteiger partial charge >= 0.3 is 5.69 Å². The summed E-state index contributed by atoms with van der Waals surface area (Å²) >= 11 is 0. The first-order valence-electron chi connectivity index (χ1n) is 11.6. The monoisotopic (exact) mass is 489 g/mol. The fourth-order valence-electron chi connectivity index (χ4n) is 4.98. The molecule has 0 spiro atoms. The number of benzene rings is 2. The fraction of sp³-hybridized carbons (Fsp3) is 0.280. The molecule has 1 N–H and O–H groups in total.